The van der Waals surface area contributed by atoms with Crippen molar-refractivity contribution >= 4 is 17.2 Å². The van der Waals surface area contributed by atoms with Gasteiger partial charge in [0, 0.05) is 37.8 Å². The zero-order chi connectivity index (χ0) is 19.0. The van der Waals surface area contributed by atoms with E-state index >= 15 is 0 Å². The largest absolute Gasteiger partial charge is 0.335 e. The van der Waals surface area contributed by atoms with Gasteiger partial charge in [-0.15, -0.1) is 11.3 Å². The predicted molar refractivity (Wildman–Crippen MR) is 107 cm³/mol. The maximum absolute atomic E-state index is 14.3. The number of carbonyl (C=O) groups is 1. The standard InChI is InChI=1S/C21H26FN3OS/c1-14-7-8-17(18(22)13-14)20-23-15(2)19(27-20)21(26)25-11-9-24(10-12-25)16-5-3-4-6-16/h7-8,13,16H,3-6,9-12H2,1-2H3. The third-order valence-electron chi connectivity index (χ3n) is 5.79. The average Bonchev–Trinajstić information content (AvgIpc) is 3.31. The number of aromatic nitrogens is 1. The Labute approximate surface area is 164 Å². The molecule has 144 valence electrons. The van der Waals surface area contributed by atoms with Crippen LogP contribution in [0.5, 0.6) is 0 Å². The Morgan fingerprint density at radius 1 is 1.15 bits per heavy atom. The number of nitrogens with zero attached hydrogens (tertiary/aromatic N) is 3. The Kier molecular flexibility index (Phi) is 5.28. The van der Waals surface area contributed by atoms with E-state index in [0.717, 1.165) is 31.7 Å². The van der Waals surface area contributed by atoms with E-state index in [4.69, 9.17) is 0 Å². The molecule has 0 bridgehead atoms. The molecule has 4 rings (SSSR count). The lowest BCUT2D eigenvalue weighted by Gasteiger charge is -2.37. The lowest BCUT2D eigenvalue weighted by molar-refractivity contribution is 0.0577. The first-order valence-electron chi connectivity index (χ1n) is 9.80. The molecule has 0 atom stereocenters. The number of thiazole rings is 1. The zero-order valence-electron chi connectivity index (χ0n) is 16.0. The molecule has 1 saturated heterocycles. The molecule has 1 amide bonds. The van der Waals surface area contributed by atoms with Gasteiger partial charge in [-0.2, -0.15) is 0 Å². The average molecular weight is 388 g/mol. The van der Waals surface area contributed by atoms with E-state index in [9.17, 15) is 9.18 Å². The van der Waals surface area contributed by atoms with Crippen LogP contribution in [0.15, 0.2) is 18.2 Å². The summed E-state index contributed by atoms with van der Waals surface area (Å²) in [6.45, 7) is 7.14. The molecule has 6 heteroatoms. The minimum atomic E-state index is -0.284. The topological polar surface area (TPSA) is 36.4 Å². The van der Waals surface area contributed by atoms with Gasteiger partial charge in [0.1, 0.15) is 15.7 Å². The fourth-order valence-corrected chi connectivity index (χ4v) is 5.27. The van der Waals surface area contributed by atoms with Crippen LogP contribution in [0.25, 0.3) is 10.6 Å². The van der Waals surface area contributed by atoms with Gasteiger partial charge in [-0.25, -0.2) is 9.37 Å². The van der Waals surface area contributed by atoms with Crippen LogP contribution in [0.1, 0.15) is 46.6 Å². The lowest BCUT2D eigenvalue weighted by Crippen LogP contribution is -2.51. The van der Waals surface area contributed by atoms with Crippen LogP contribution in [-0.2, 0) is 0 Å². The second-order valence-electron chi connectivity index (χ2n) is 7.68. The molecule has 1 aliphatic heterocycles. The smallest absolute Gasteiger partial charge is 0.265 e. The first kappa shape index (κ1) is 18.6. The van der Waals surface area contributed by atoms with E-state index < -0.39 is 0 Å². The minimum absolute atomic E-state index is 0.0369. The van der Waals surface area contributed by atoms with E-state index in [0.29, 0.717) is 27.2 Å². The summed E-state index contributed by atoms with van der Waals surface area (Å²) in [6.07, 6.45) is 5.27. The molecule has 1 aromatic carbocycles. The maximum Gasteiger partial charge on any atom is 0.265 e. The molecule has 2 aliphatic rings. The fourth-order valence-electron chi connectivity index (χ4n) is 4.21. The Bertz CT molecular complexity index is 836. The van der Waals surface area contributed by atoms with Crippen LogP contribution in [0, 0.1) is 19.7 Å². The summed E-state index contributed by atoms with van der Waals surface area (Å²) >= 11 is 1.30. The van der Waals surface area contributed by atoms with Gasteiger partial charge >= 0.3 is 0 Å². The highest BCUT2D eigenvalue weighted by molar-refractivity contribution is 7.17. The fraction of sp³-hybridized carbons (Fsp3) is 0.524. The second kappa shape index (κ2) is 7.68. The van der Waals surface area contributed by atoms with E-state index in [1.807, 2.05) is 24.8 Å². The molecule has 2 fully saturated rings. The molecular formula is C21H26FN3OS. The zero-order valence-corrected chi connectivity index (χ0v) is 16.8. The molecule has 0 spiro atoms. The maximum atomic E-state index is 14.3. The minimum Gasteiger partial charge on any atom is -0.335 e. The SMILES string of the molecule is Cc1ccc(-c2nc(C)c(C(=O)N3CCN(C4CCCC4)CC3)s2)c(F)c1. The van der Waals surface area contributed by atoms with Crippen molar-refractivity contribution in [1.29, 1.82) is 0 Å². The van der Waals surface area contributed by atoms with Gasteiger partial charge in [-0.1, -0.05) is 18.9 Å². The molecule has 4 nitrogen and oxygen atoms in total. The molecule has 0 N–H and O–H groups in total. The van der Waals surface area contributed by atoms with Crippen molar-refractivity contribution in [3.63, 3.8) is 0 Å². The number of piperazine rings is 1. The quantitative estimate of drug-likeness (QED) is 0.789. The van der Waals surface area contributed by atoms with Crippen molar-refractivity contribution in [2.45, 2.75) is 45.6 Å². The van der Waals surface area contributed by atoms with E-state index in [1.165, 1.54) is 43.1 Å². The number of hydrogen-bond acceptors (Lipinski definition) is 4. The van der Waals surface area contributed by atoms with E-state index in [-0.39, 0.29) is 11.7 Å². The predicted octanol–water partition coefficient (Wildman–Crippen LogP) is 4.27. The van der Waals surface area contributed by atoms with Crippen molar-refractivity contribution in [2.24, 2.45) is 0 Å². The molecular weight excluding hydrogens is 361 g/mol. The molecule has 2 aromatic rings. The van der Waals surface area contributed by atoms with Crippen molar-refractivity contribution in [1.82, 2.24) is 14.8 Å². The molecule has 0 radical (unpaired) electrons. The first-order valence-corrected chi connectivity index (χ1v) is 10.6. The van der Waals surface area contributed by atoms with Crippen LogP contribution in [0.4, 0.5) is 4.39 Å². The highest BCUT2D eigenvalue weighted by atomic mass is 32.1. The van der Waals surface area contributed by atoms with Crippen LogP contribution >= 0.6 is 11.3 Å². The summed E-state index contributed by atoms with van der Waals surface area (Å²) in [7, 11) is 0. The molecule has 1 aromatic heterocycles. The van der Waals surface area contributed by atoms with E-state index in [1.54, 1.807) is 6.07 Å². The lowest BCUT2D eigenvalue weighted by atomic mass is 10.1. The summed E-state index contributed by atoms with van der Waals surface area (Å²) < 4.78 is 14.3. The number of halogens is 1. The Balaban J connectivity index is 1.47. The highest BCUT2D eigenvalue weighted by Gasteiger charge is 2.29. The van der Waals surface area contributed by atoms with Gasteiger partial charge < -0.3 is 4.90 Å². The first-order chi connectivity index (χ1) is 13.0. The molecule has 0 unspecified atom stereocenters. The van der Waals surface area contributed by atoms with Crippen molar-refractivity contribution in [3.05, 3.63) is 40.2 Å². The molecule has 1 aliphatic carbocycles. The molecule has 27 heavy (non-hydrogen) atoms. The molecule has 1 saturated carbocycles. The van der Waals surface area contributed by atoms with Crippen molar-refractivity contribution in [3.8, 4) is 10.6 Å². The van der Waals surface area contributed by atoms with Gasteiger partial charge in [-0.3, -0.25) is 9.69 Å². The van der Waals surface area contributed by atoms with Gasteiger partial charge in [0.15, 0.2) is 0 Å². The highest BCUT2D eigenvalue weighted by Crippen LogP contribution is 2.31. The summed E-state index contributed by atoms with van der Waals surface area (Å²) in [5.41, 5.74) is 2.04. The van der Waals surface area contributed by atoms with Gasteiger partial charge in [-0.05, 0) is 44.4 Å². The second-order valence-corrected chi connectivity index (χ2v) is 8.68. The Morgan fingerprint density at radius 3 is 2.52 bits per heavy atom. The van der Waals surface area contributed by atoms with Crippen LogP contribution in [0.3, 0.4) is 0 Å². The normalized spacial score (nSPS) is 19.0. The number of carbonyl (C=O) groups excluding carboxylic acids is 1. The van der Waals surface area contributed by atoms with Gasteiger partial charge in [0.05, 0.1) is 5.69 Å². The number of benzene rings is 1. The van der Waals surface area contributed by atoms with Crippen molar-refractivity contribution < 1.29 is 9.18 Å². The summed E-state index contributed by atoms with van der Waals surface area (Å²) in [5, 5.41) is 0.581. The summed E-state index contributed by atoms with van der Waals surface area (Å²) in [6, 6.07) is 5.84. The number of hydrogen-bond donors (Lipinski definition) is 0. The van der Waals surface area contributed by atoms with Crippen LogP contribution < -0.4 is 0 Å². The summed E-state index contributed by atoms with van der Waals surface area (Å²) in [4.78, 5) is 22.6. The number of aryl methyl sites for hydroxylation is 2. The molecule has 2 heterocycles. The Hall–Kier alpha value is -1.79. The third kappa shape index (κ3) is 3.78. The van der Waals surface area contributed by atoms with Crippen LogP contribution in [0.2, 0.25) is 0 Å². The number of rotatable bonds is 3. The monoisotopic (exact) mass is 387 g/mol. The number of amides is 1. The van der Waals surface area contributed by atoms with Crippen molar-refractivity contribution in [2.75, 3.05) is 26.2 Å². The summed E-state index contributed by atoms with van der Waals surface area (Å²) in [5.74, 6) is -0.247. The van der Waals surface area contributed by atoms with E-state index in [2.05, 4.69) is 9.88 Å². The third-order valence-corrected chi connectivity index (χ3v) is 6.97. The Morgan fingerprint density at radius 2 is 1.85 bits per heavy atom. The van der Waals surface area contributed by atoms with Gasteiger partial charge in [0.2, 0.25) is 0 Å². The van der Waals surface area contributed by atoms with Crippen LogP contribution in [-0.4, -0.2) is 52.9 Å². The van der Waals surface area contributed by atoms with Gasteiger partial charge in [0.25, 0.3) is 5.91 Å².